The highest BCUT2D eigenvalue weighted by Gasteiger charge is 2.16. The Kier molecular flexibility index (Phi) is 2.76. The maximum atomic E-state index is 6.01. The first-order valence-corrected chi connectivity index (χ1v) is 5.63. The lowest BCUT2D eigenvalue weighted by Gasteiger charge is -2.23. The van der Waals surface area contributed by atoms with Gasteiger partial charge in [-0.1, -0.05) is 25.2 Å². The van der Waals surface area contributed by atoms with Crippen molar-refractivity contribution >= 4 is 0 Å². The van der Waals surface area contributed by atoms with Crippen LogP contribution >= 0.6 is 0 Å². The molecule has 0 spiro atoms. The van der Waals surface area contributed by atoms with E-state index in [1.807, 2.05) is 0 Å². The summed E-state index contributed by atoms with van der Waals surface area (Å²) >= 11 is 0. The van der Waals surface area contributed by atoms with Gasteiger partial charge in [-0.05, 0) is 49.2 Å². The summed E-state index contributed by atoms with van der Waals surface area (Å²) in [6.07, 6.45) is 12.9. The van der Waals surface area contributed by atoms with Crippen molar-refractivity contribution in [1.82, 2.24) is 0 Å². The largest absolute Gasteiger partial charge is 0.399 e. The van der Waals surface area contributed by atoms with Gasteiger partial charge in [-0.15, -0.1) is 0 Å². The van der Waals surface area contributed by atoms with Crippen LogP contribution in [0, 0.1) is 5.92 Å². The number of nitrogens with two attached hydrogens (primary N) is 1. The predicted molar refractivity (Wildman–Crippen MR) is 60.7 cm³/mol. The Hall–Kier alpha value is -0.980. The van der Waals surface area contributed by atoms with Gasteiger partial charge in [-0.2, -0.15) is 0 Å². The van der Waals surface area contributed by atoms with Gasteiger partial charge in [0.1, 0.15) is 0 Å². The summed E-state index contributed by atoms with van der Waals surface area (Å²) in [7, 11) is 0. The third-order valence-corrected chi connectivity index (χ3v) is 3.15. The molecule has 0 saturated heterocycles. The molecule has 1 atom stereocenters. The first kappa shape index (κ1) is 9.57. The van der Waals surface area contributed by atoms with Crippen LogP contribution in [0.2, 0.25) is 0 Å². The normalized spacial score (nSPS) is 27.8. The Labute approximate surface area is 86.4 Å². The van der Waals surface area contributed by atoms with E-state index in [2.05, 4.69) is 25.2 Å². The molecule has 14 heavy (non-hydrogen) atoms. The van der Waals surface area contributed by atoms with E-state index in [0.717, 1.165) is 24.5 Å². The fourth-order valence-electron chi connectivity index (χ4n) is 2.33. The fraction of sp³-hybridized carbons (Fsp3) is 0.538. The molecular weight excluding hydrogens is 170 g/mol. The minimum atomic E-state index is 0.825. The van der Waals surface area contributed by atoms with Gasteiger partial charge in [-0.3, -0.25) is 0 Å². The molecule has 2 aliphatic carbocycles. The maximum absolute atomic E-state index is 6.01. The summed E-state index contributed by atoms with van der Waals surface area (Å²) in [6, 6.07) is 0. The molecule has 0 aromatic rings. The summed E-state index contributed by atoms with van der Waals surface area (Å²) in [5.74, 6) is 0.825. The fourth-order valence-corrected chi connectivity index (χ4v) is 2.33. The first-order valence-electron chi connectivity index (χ1n) is 5.63. The quantitative estimate of drug-likeness (QED) is 0.673. The SMILES string of the molecule is CC1CCC=C(C2=CCCC=C2N)C1. The molecule has 1 unspecified atom stereocenters. The summed E-state index contributed by atoms with van der Waals surface area (Å²) in [5, 5.41) is 0. The van der Waals surface area contributed by atoms with Crippen molar-refractivity contribution in [1.29, 1.82) is 0 Å². The predicted octanol–water partition coefficient (Wildman–Crippen LogP) is 3.30. The van der Waals surface area contributed by atoms with Gasteiger partial charge in [0, 0.05) is 5.70 Å². The van der Waals surface area contributed by atoms with Gasteiger partial charge in [0.05, 0.1) is 0 Å². The molecule has 76 valence electrons. The van der Waals surface area contributed by atoms with Gasteiger partial charge < -0.3 is 5.73 Å². The highest BCUT2D eigenvalue weighted by molar-refractivity contribution is 5.47. The van der Waals surface area contributed by atoms with Crippen molar-refractivity contribution in [3.05, 3.63) is 35.1 Å². The van der Waals surface area contributed by atoms with Crippen LogP contribution in [0.4, 0.5) is 0 Å². The van der Waals surface area contributed by atoms with Crippen LogP contribution in [0.25, 0.3) is 0 Å². The molecule has 0 saturated carbocycles. The molecule has 0 amide bonds. The van der Waals surface area contributed by atoms with Crippen molar-refractivity contribution in [3.63, 3.8) is 0 Å². The Morgan fingerprint density at radius 3 is 2.64 bits per heavy atom. The third kappa shape index (κ3) is 1.92. The zero-order chi connectivity index (χ0) is 9.97. The van der Waals surface area contributed by atoms with Crippen LogP contribution < -0.4 is 5.73 Å². The highest BCUT2D eigenvalue weighted by Crippen LogP contribution is 2.32. The third-order valence-electron chi connectivity index (χ3n) is 3.15. The number of rotatable bonds is 1. The summed E-state index contributed by atoms with van der Waals surface area (Å²) in [6.45, 7) is 2.33. The second-order valence-corrected chi connectivity index (χ2v) is 4.47. The van der Waals surface area contributed by atoms with Crippen molar-refractivity contribution in [3.8, 4) is 0 Å². The van der Waals surface area contributed by atoms with Gasteiger partial charge in [0.25, 0.3) is 0 Å². The second kappa shape index (κ2) is 4.04. The highest BCUT2D eigenvalue weighted by atomic mass is 14.6. The molecule has 2 aliphatic rings. The monoisotopic (exact) mass is 189 g/mol. The van der Waals surface area contributed by atoms with Gasteiger partial charge in [0.2, 0.25) is 0 Å². The molecule has 0 heterocycles. The van der Waals surface area contributed by atoms with Crippen LogP contribution in [0.3, 0.4) is 0 Å². The summed E-state index contributed by atoms with van der Waals surface area (Å²) < 4.78 is 0. The first-order chi connectivity index (χ1) is 6.77. The summed E-state index contributed by atoms with van der Waals surface area (Å²) in [5.41, 5.74) is 9.81. The van der Waals surface area contributed by atoms with Crippen LogP contribution in [-0.4, -0.2) is 0 Å². The second-order valence-electron chi connectivity index (χ2n) is 4.47. The maximum Gasteiger partial charge on any atom is 0.0346 e. The molecule has 1 nitrogen and oxygen atoms in total. The molecule has 1 heteroatoms. The van der Waals surface area contributed by atoms with Crippen molar-refractivity contribution in [2.24, 2.45) is 11.7 Å². The summed E-state index contributed by atoms with van der Waals surface area (Å²) in [4.78, 5) is 0. The Morgan fingerprint density at radius 1 is 1.14 bits per heavy atom. The molecule has 0 aliphatic heterocycles. The molecule has 0 aromatic carbocycles. The van der Waals surface area contributed by atoms with Crippen LogP contribution in [-0.2, 0) is 0 Å². The molecule has 2 N–H and O–H groups in total. The van der Waals surface area contributed by atoms with Crippen molar-refractivity contribution in [2.45, 2.75) is 39.0 Å². The van der Waals surface area contributed by atoms with Crippen LogP contribution in [0.1, 0.15) is 39.0 Å². The van der Waals surface area contributed by atoms with E-state index >= 15 is 0 Å². The molecule has 0 bridgehead atoms. The molecule has 0 radical (unpaired) electrons. The van der Waals surface area contributed by atoms with Crippen molar-refractivity contribution < 1.29 is 0 Å². The standard InChI is InChI=1S/C13H19N/c1-10-5-4-6-11(9-10)12-7-2-3-8-13(12)14/h6-8,10H,2-5,9,14H2,1H3. The smallest absolute Gasteiger partial charge is 0.0346 e. The lowest BCUT2D eigenvalue weighted by atomic mass is 9.84. The van der Waals surface area contributed by atoms with E-state index in [0.29, 0.717) is 0 Å². The zero-order valence-corrected chi connectivity index (χ0v) is 8.92. The van der Waals surface area contributed by atoms with Crippen molar-refractivity contribution in [2.75, 3.05) is 0 Å². The Morgan fingerprint density at radius 2 is 1.93 bits per heavy atom. The molecule has 0 aromatic heterocycles. The van der Waals surface area contributed by atoms with Crippen LogP contribution in [0.15, 0.2) is 35.1 Å². The minimum Gasteiger partial charge on any atom is -0.399 e. The van der Waals surface area contributed by atoms with Gasteiger partial charge in [-0.25, -0.2) is 0 Å². The van der Waals surface area contributed by atoms with Gasteiger partial charge in [0.15, 0.2) is 0 Å². The van der Waals surface area contributed by atoms with E-state index in [9.17, 15) is 0 Å². The number of hydrogen-bond donors (Lipinski definition) is 1. The molecular formula is C13H19N. The molecule has 2 rings (SSSR count). The van der Waals surface area contributed by atoms with E-state index in [1.54, 1.807) is 0 Å². The Balaban J connectivity index is 2.18. The van der Waals surface area contributed by atoms with Gasteiger partial charge >= 0.3 is 0 Å². The number of allylic oxidation sites excluding steroid dienone is 4. The van der Waals surface area contributed by atoms with E-state index in [4.69, 9.17) is 5.73 Å². The number of hydrogen-bond acceptors (Lipinski definition) is 1. The average molecular weight is 189 g/mol. The lowest BCUT2D eigenvalue weighted by molar-refractivity contribution is 0.512. The van der Waals surface area contributed by atoms with E-state index < -0.39 is 0 Å². The lowest BCUT2D eigenvalue weighted by Crippen LogP contribution is -2.11. The van der Waals surface area contributed by atoms with E-state index in [-0.39, 0.29) is 0 Å². The minimum absolute atomic E-state index is 0.825. The Bertz CT molecular complexity index is 307. The molecule has 0 fully saturated rings. The van der Waals surface area contributed by atoms with Crippen LogP contribution in [0.5, 0.6) is 0 Å². The van der Waals surface area contributed by atoms with E-state index in [1.165, 1.54) is 30.4 Å². The topological polar surface area (TPSA) is 26.0 Å². The zero-order valence-electron chi connectivity index (χ0n) is 8.92. The average Bonchev–Trinajstić information content (AvgIpc) is 2.18.